The van der Waals surface area contributed by atoms with Gasteiger partial charge in [-0.1, -0.05) is 0 Å². The van der Waals surface area contributed by atoms with Crippen molar-refractivity contribution in [1.29, 1.82) is 0 Å². The van der Waals surface area contributed by atoms with Crippen LogP contribution in [0.3, 0.4) is 0 Å². The summed E-state index contributed by atoms with van der Waals surface area (Å²) in [5.74, 6) is 3.98. The van der Waals surface area contributed by atoms with Crippen LogP contribution in [0.5, 0.6) is 0 Å². The molecule has 3 aliphatic carbocycles. The van der Waals surface area contributed by atoms with Gasteiger partial charge < -0.3 is 10.2 Å². The number of rotatable bonds is 7. The van der Waals surface area contributed by atoms with Crippen molar-refractivity contribution in [3.8, 4) is 0 Å². The van der Waals surface area contributed by atoms with Gasteiger partial charge in [-0.3, -0.25) is 9.48 Å². The number of likely N-dealkylation sites (N-methyl/N-ethyl adjacent to an activating group) is 1. The van der Waals surface area contributed by atoms with E-state index in [-0.39, 0.29) is 11.4 Å². The number of hydrogen-bond acceptors (Lipinski definition) is 7. The Kier molecular flexibility index (Phi) is 5.20. The van der Waals surface area contributed by atoms with Crippen LogP contribution in [0.1, 0.15) is 54.8 Å². The maximum absolute atomic E-state index is 12.6. The summed E-state index contributed by atoms with van der Waals surface area (Å²) >= 11 is 1.85. The first kappa shape index (κ1) is 19.8. The molecule has 162 valence electrons. The zero-order chi connectivity index (χ0) is 20.7. The highest BCUT2D eigenvalue weighted by atomic mass is 32.2. The Morgan fingerprint density at radius 2 is 2.10 bits per heavy atom. The fraction of sp³-hybridized carbons (Fsp3) is 0.750. The first-order chi connectivity index (χ1) is 14.6. The molecule has 0 radical (unpaired) electrons. The van der Waals surface area contributed by atoms with Crippen molar-refractivity contribution in [2.75, 3.05) is 30.9 Å². The minimum Gasteiger partial charge on any atom is -0.356 e. The van der Waals surface area contributed by atoms with Gasteiger partial charge in [0.2, 0.25) is 0 Å². The average molecular weight is 431 g/mol. The number of nitrogens with zero attached hydrogens (tertiary/aromatic N) is 7. The van der Waals surface area contributed by atoms with Crippen LogP contribution in [0.15, 0.2) is 6.07 Å². The number of tetrazole rings is 1. The van der Waals surface area contributed by atoms with Gasteiger partial charge in [0.1, 0.15) is 17.1 Å². The van der Waals surface area contributed by atoms with Gasteiger partial charge in [-0.15, -0.1) is 5.10 Å². The standard InChI is InChI=1S/C20H30N8OS/c1-26-9-10-27-16(18(26)29)12-17(23-27)21-20(13-14-4-6-15(20)7-5-14)19-22-24-25-28(19)8-3-11-30-2/h12,14-15H,3-11,13H2,1-2H3,(H,21,23). The normalized spacial score (nSPS) is 28.1. The zero-order valence-electron chi connectivity index (χ0n) is 17.8. The number of aromatic nitrogens is 6. The highest BCUT2D eigenvalue weighted by molar-refractivity contribution is 7.98. The summed E-state index contributed by atoms with van der Waals surface area (Å²) in [7, 11) is 1.84. The largest absolute Gasteiger partial charge is 0.356 e. The van der Waals surface area contributed by atoms with Crippen LogP contribution in [-0.4, -0.2) is 66.4 Å². The summed E-state index contributed by atoms with van der Waals surface area (Å²) < 4.78 is 3.83. The van der Waals surface area contributed by atoms with Gasteiger partial charge in [0.25, 0.3) is 5.91 Å². The van der Waals surface area contributed by atoms with E-state index in [2.05, 4.69) is 27.1 Å². The van der Waals surface area contributed by atoms with Gasteiger partial charge in [-0.2, -0.15) is 16.9 Å². The van der Waals surface area contributed by atoms with E-state index in [1.165, 1.54) is 25.7 Å². The van der Waals surface area contributed by atoms with Crippen molar-refractivity contribution < 1.29 is 4.79 Å². The number of hydrogen-bond donors (Lipinski definition) is 1. The quantitative estimate of drug-likeness (QED) is 0.673. The molecule has 3 heterocycles. The number of anilines is 1. The van der Waals surface area contributed by atoms with Gasteiger partial charge >= 0.3 is 0 Å². The molecule has 9 nitrogen and oxygen atoms in total. The van der Waals surface area contributed by atoms with Crippen LogP contribution < -0.4 is 5.32 Å². The molecular formula is C20H30N8OS. The molecule has 1 atom stereocenters. The molecule has 1 N–H and O–H groups in total. The molecule has 2 aromatic rings. The van der Waals surface area contributed by atoms with E-state index in [1.54, 1.807) is 4.90 Å². The summed E-state index contributed by atoms with van der Waals surface area (Å²) in [4.78, 5) is 14.3. The van der Waals surface area contributed by atoms with E-state index in [4.69, 9.17) is 5.10 Å². The lowest BCUT2D eigenvalue weighted by Gasteiger charge is -2.51. The third-order valence-corrected chi connectivity index (χ3v) is 7.84. The Bertz CT molecular complexity index is 918. The minimum atomic E-state index is -0.316. The third kappa shape index (κ3) is 3.29. The summed E-state index contributed by atoms with van der Waals surface area (Å²) in [5, 5.41) is 21.5. The molecule has 6 rings (SSSR count). The van der Waals surface area contributed by atoms with Crippen LogP contribution in [-0.2, 0) is 18.6 Å². The Labute approximate surface area is 180 Å². The van der Waals surface area contributed by atoms with Gasteiger partial charge in [0.15, 0.2) is 5.82 Å². The predicted molar refractivity (Wildman–Crippen MR) is 115 cm³/mol. The lowest BCUT2D eigenvalue weighted by Crippen LogP contribution is -2.52. The smallest absolute Gasteiger partial charge is 0.272 e. The number of amides is 1. The molecule has 4 aliphatic rings. The monoisotopic (exact) mass is 430 g/mol. The SMILES string of the molecule is CSCCCn1nnnc1C1(Nc2cc3n(n2)CCN(C)C3=O)CC2CCC1CC2. The van der Waals surface area contributed by atoms with Crippen molar-refractivity contribution in [2.45, 2.75) is 57.2 Å². The summed E-state index contributed by atoms with van der Waals surface area (Å²) in [5.41, 5.74) is 0.339. The molecule has 3 saturated carbocycles. The Balaban J connectivity index is 1.50. The molecule has 2 bridgehead atoms. The van der Waals surface area contributed by atoms with Crippen LogP contribution in [0.4, 0.5) is 5.82 Å². The van der Waals surface area contributed by atoms with Crippen LogP contribution in [0, 0.1) is 11.8 Å². The molecule has 10 heteroatoms. The van der Waals surface area contributed by atoms with Crippen molar-refractivity contribution >= 4 is 23.5 Å². The number of aryl methyl sites for hydroxylation is 1. The van der Waals surface area contributed by atoms with Crippen molar-refractivity contribution in [2.24, 2.45) is 11.8 Å². The van der Waals surface area contributed by atoms with E-state index < -0.39 is 0 Å². The lowest BCUT2D eigenvalue weighted by molar-refractivity contribution is 0.0734. The second-order valence-electron chi connectivity index (χ2n) is 8.95. The van der Waals surface area contributed by atoms with E-state index in [0.717, 1.165) is 43.3 Å². The van der Waals surface area contributed by atoms with Crippen LogP contribution in [0.2, 0.25) is 0 Å². The first-order valence-electron chi connectivity index (χ1n) is 11.0. The van der Waals surface area contributed by atoms with Crippen LogP contribution >= 0.6 is 11.8 Å². The summed E-state index contributed by atoms with van der Waals surface area (Å²) in [6.45, 7) is 2.24. The highest BCUT2D eigenvalue weighted by Crippen LogP contribution is 2.53. The molecule has 1 unspecified atom stereocenters. The Hall–Kier alpha value is -2.10. The van der Waals surface area contributed by atoms with E-state index in [1.807, 2.05) is 34.2 Å². The fourth-order valence-electron chi connectivity index (χ4n) is 5.59. The topological polar surface area (TPSA) is 93.8 Å². The molecule has 1 amide bonds. The third-order valence-electron chi connectivity index (χ3n) is 7.15. The molecule has 0 spiro atoms. The number of carbonyl (C=O) groups excluding carboxylic acids is 1. The molecule has 0 aromatic carbocycles. The van der Waals surface area contributed by atoms with Crippen molar-refractivity contribution in [3.63, 3.8) is 0 Å². The van der Waals surface area contributed by atoms with Crippen molar-refractivity contribution in [3.05, 3.63) is 17.6 Å². The second kappa shape index (κ2) is 7.86. The summed E-state index contributed by atoms with van der Waals surface area (Å²) in [6, 6.07) is 1.91. The predicted octanol–water partition coefficient (Wildman–Crippen LogP) is 2.23. The van der Waals surface area contributed by atoms with E-state index in [9.17, 15) is 4.79 Å². The molecule has 0 saturated heterocycles. The average Bonchev–Trinajstić information content (AvgIpc) is 3.39. The van der Waals surface area contributed by atoms with Crippen LogP contribution in [0.25, 0.3) is 0 Å². The summed E-state index contributed by atoms with van der Waals surface area (Å²) in [6.07, 6.45) is 9.13. The second-order valence-corrected chi connectivity index (χ2v) is 9.94. The maximum atomic E-state index is 12.6. The van der Waals surface area contributed by atoms with E-state index >= 15 is 0 Å². The zero-order valence-corrected chi connectivity index (χ0v) is 18.6. The Morgan fingerprint density at radius 1 is 1.27 bits per heavy atom. The number of carbonyl (C=O) groups is 1. The van der Waals surface area contributed by atoms with Crippen molar-refractivity contribution in [1.82, 2.24) is 34.9 Å². The van der Waals surface area contributed by atoms with Gasteiger partial charge in [-0.25, -0.2) is 4.68 Å². The number of fused-ring (bicyclic) bond motifs is 4. The molecule has 3 fully saturated rings. The lowest BCUT2D eigenvalue weighted by atomic mass is 9.60. The number of thioether (sulfide) groups is 1. The van der Waals surface area contributed by atoms with Gasteiger partial charge in [0.05, 0.1) is 6.54 Å². The maximum Gasteiger partial charge on any atom is 0.272 e. The van der Waals surface area contributed by atoms with Gasteiger partial charge in [-0.05, 0) is 72.8 Å². The molecule has 1 aliphatic heterocycles. The Morgan fingerprint density at radius 3 is 2.83 bits per heavy atom. The van der Waals surface area contributed by atoms with Gasteiger partial charge in [0, 0.05) is 26.2 Å². The molecule has 2 aromatic heterocycles. The highest BCUT2D eigenvalue weighted by Gasteiger charge is 2.52. The fourth-order valence-corrected chi connectivity index (χ4v) is 6.01. The van der Waals surface area contributed by atoms with E-state index in [0.29, 0.717) is 24.1 Å². The minimum absolute atomic E-state index is 0.0305. The first-order valence-corrected chi connectivity index (χ1v) is 12.4. The molecular weight excluding hydrogens is 400 g/mol. The molecule has 30 heavy (non-hydrogen) atoms. The number of nitrogens with one attached hydrogen (secondary N) is 1.